The standard InChI is InChI=1S/C22H19ClN2O5/c1-30-13-10-8-12(9-11-13)25-15-5-2-4-14(23)19(15)24-20(22(25)29)21(28)18-16(26)6-3-7-17(18)27/h2,4-5,8-11,16,26-27H,3,6-7H2,1H3. The van der Waals surface area contributed by atoms with Crippen LogP contribution in [0.2, 0.25) is 5.02 Å². The summed E-state index contributed by atoms with van der Waals surface area (Å²) in [6.07, 6.45) is -0.00824. The summed E-state index contributed by atoms with van der Waals surface area (Å²) in [5, 5.41) is 20.7. The molecular weight excluding hydrogens is 408 g/mol. The maximum atomic E-state index is 13.4. The second-order valence-corrected chi connectivity index (χ2v) is 7.41. The molecule has 1 unspecified atom stereocenters. The molecule has 0 aliphatic heterocycles. The van der Waals surface area contributed by atoms with E-state index in [9.17, 15) is 19.8 Å². The van der Waals surface area contributed by atoms with E-state index >= 15 is 0 Å². The number of rotatable bonds is 4. The van der Waals surface area contributed by atoms with E-state index in [1.54, 1.807) is 42.5 Å². The van der Waals surface area contributed by atoms with Crippen LogP contribution in [0, 0.1) is 0 Å². The number of ketones is 1. The van der Waals surface area contributed by atoms with Crippen LogP contribution < -0.4 is 10.3 Å². The average Bonchev–Trinajstić information content (AvgIpc) is 2.73. The van der Waals surface area contributed by atoms with Gasteiger partial charge in [-0.05, 0) is 49.2 Å². The molecule has 0 fully saturated rings. The molecule has 2 aromatic carbocycles. The molecular formula is C22H19ClN2O5. The van der Waals surface area contributed by atoms with Crippen LogP contribution in [-0.4, -0.2) is 38.8 Å². The molecule has 2 N–H and O–H groups in total. The van der Waals surface area contributed by atoms with Gasteiger partial charge in [0, 0.05) is 12.1 Å². The largest absolute Gasteiger partial charge is 0.512 e. The predicted octanol–water partition coefficient (Wildman–Crippen LogP) is 3.59. The van der Waals surface area contributed by atoms with Crippen molar-refractivity contribution < 1.29 is 19.7 Å². The number of aliphatic hydroxyl groups excluding tert-OH is 2. The van der Waals surface area contributed by atoms with Gasteiger partial charge in [-0.2, -0.15) is 0 Å². The van der Waals surface area contributed by atoms with Gasteiger partial charge in [0.2, 0.25) is 5.78 Å². The van der Waals surface area contributed by atoms with Crippen LogP contribution in [0.1, 0.15) is 29.8 Å². The third kappa shape index (κ3) is 3.36. The molecule has 1 heterocycles. The first kappa shape index (κ1) is 20.1. The normalized spacial score (nSPS) is 16.7. The summed E-state index contributed by atoms with van der Waals surface area (Å²) < 4.78 is 6.51. The van der Waals surface area contributed by atoms with Crippen molar-refractivity contribution in [3.63, 3.8) is 0 Å². The van der Waals surface area contributed by atoms with Gasteiger partial charge in [0.15, 0.2) is 5.69 Å². The minimum Gasteiger partial charge on any atom is -0.512 e. The van der Waals surface area contributed by atoms with Crippen LogP contribution in [0.25, 0.3) is 16.7 Å². The molecule has 1 aliphatic rings. The molecule has 0 spiro atoms. The average molecular weight is 427 g/mol. The highest BCUT2D eigenvalue weighted by atomic mass is 35.5. The van der Waals surface area contributed by atoms with Crippen LogP contribution in [0.4, 0.5) is 0 Å². The number of Topliss-reactive ketones (excluding diaryl/α,β-unsaturated/α-hetero) is 1. The highest BCUT2D eigenvalue weighted by molar-refractivity contribution is 6.35. The Morgan fingerprint density at radius 1 is 1.23 bits per heavy atom. The lowest BCUT2D eigenvalue weighted by Crippen LogP contribution is -2.32. The molecule has 30 heavy (non-hydrogen) atoms. The Morgan fingerprint density at radius 3 is 2.63 bits per heavy atom. The number of fused-ring (bicyclic) bond motifs is 1. The molecule has 4 rings (SSSR count). The van der Waals surface area contributed by atoms with Crippen molar-refractivity contribution in [2.45, 2.75) is 25.4 Å². The van der Waals surface area contributed by atoms with E-state index in [0.29, 0.717) is 29.8 Å². The summed E-state index contributed by atoms with van der Waals surface area (Å²) in [5.41, 5.74) is -0.0719. The fourth-order valence-electron chi connectivity index (χ4n) is 3.65. The van der Waals surface area contributed by atoms with E-state index in [0.717, 1.165) is 0 Å². The predicted molar refractivity (Wildman–Crippen MR) is 113 cm³/mol. The lowest BCUT2D eigenvalue weighted by molar-refractivity contribution is 0.0948. The first-order valence-corrected chi connectivity index (χ1v) is 9.80. The number of benzene rings is 2. The van der Waals surface area contributed by atoms with Crippen molar-refractivity contribution in [1.82, 2.24) is 9.55 Å². The maximum Gasteiger partial charge on any atom is 0.285 e. The second kappa shape index (κ2) is 7.93. The van der Waals surface area contributed by atoms with Crippen LogP contribution in [0.5, 0.6) is 5.75 Å². The van der Waals surface area contributed by atoms with Crippen LogP contribution in [0.15, 0.2) is 58.6 Å². The van der Waals surface area contributed by atoms with Crippen molar-refractivity contribution in [2.24, 2.45) is 0 Å². The van der Waals surface area contributed by atoms with E-state index in [-0.39, 0.29) is 28.3 Å². The Morgan fingerprint density at radius 2 is 1.97 bits per heavy atom. The van der Waals surface area contributed by atoms with Gasteiger partial charge in [0.1, 0.15) is 17.0 Å². The summed E-state index contributed by atoms with van der Waals surface area (Å²) in [4.78, 5) is 30.8. The first-order chi connectivity index (χ1) is 14.4. The van der Waals surface area contributed by atoms with E-state index < -0.39 is 23.1 Å². The number of allylic oxidation sites excluding steroid dienone is 1. The van der Waals surface area contributed by atoms with Gasteiger partial charge < -0.3 is 14.9 Å². The zero-order valence-corrected chi connectivity index (χ0v) is 16.9. The van der Waals surface area contributed by atoms with Crippen molar-refractivity contribution in [3.05, 3.63) is 74.9 Å². The van der Waals surface area contributed by atoms with Crippen molar-refractivity contribution in [1.29, 1.82) is 0 Å². The van der Waals surface area contributed by atoms with Crippen LogP contribution in [-0.2, 0) is 0 Å². The van der Waals surface area contributed by atoms with Gasteiger partial charge in [-0.1, -0.05) is 17.7 Å². The molecule has 0 bridgehead atoms. The zero-order valence-electron chi connectivity index (χ0n) is 16.1. The van der Waals surface area contributed by atoms with Crippen molar-refractivity contribution in [2.75, 3.05) is 7.11 Å². The minimum absolute atomic E-state index is 0.182. The number of hydrogen-bond acceptors (Lipinski definition) is 6. The topological polar surface area (TPSA) is 102 Å². The summed E-state index contributed by atoms with van der Waals surface area (Å²) in [7, 11) is 1.54. The molecule has 1 aromatic heterocycles. The number of carbonyl (C=O) groups is 1. The zero-order chi connectivity index (χ0) is 21.4. The molecule has 154 valence electrons. The van der Waals surface area contributed by atoms with Gasteiger partial charge in [0.05, 0.1) is 29.3 Å². The molecule has 0 saturated heterocycles. The van der Waals surface area contributed by atoms with Gasteiger partial charge in [-0.25, -0.2) is 4.98 Å². The number of carbonyl (C=O) groups excluding carboxylic acids is 1. The number of ether oxygens (including phenoxy) is 1. The number of methoxy groups -OCH3 is 1. The molecule has 0 radical (unpaired) electrons. The van der Waals surface area contributed by atoms with E-state index in [1.165, 1.54) is 11.7 Å². The SMILES string of the molecule is COc1ccc(-n2c(=O)c(C(=O)C3=C(O)CCCC3O)nc3c(Cl)cccc32)cc1. The molecule has 0 saturated carbocycles. The Kier molecular flexibility index (Phi) is 5.32. The Bertz CT molecular complexity index is 1230. The van der Waals surface area contributed by atoms with Gasteiger partial charge in [-0.3, -0.25) is 14.2 Å². The third-order valence-electron chi connectivity index (χ3n) is 5.16. The maximum absolute atomic E-state index is 13.4. The lowest BCUT2D eigenvalue weighted by Gasteiger charge is -2.21. The monoisotopic (exact) mass is 426 g/mol. The Hall–Kier alpha value is -3.16. The van der Waals surface area contributed by atoms with E-state index in [2.05, 4.69) is 4.98 Å². The lowest BCUT2D eigenvalue weighted by atomic mass is 9.90. The Labute approximate surface area is 176 Å². The minimum atomic E-state index is -1.15. The number of aromatic nitrogens is 2. The number of halogens is 1. The van der Waals surface area contributed by atoms with Crippen LogP contribution in [0.3, 0.4) is 0 Å². The molecule has 1 aliphatic carbocycles. The van der Waals surface area contributed by atoms with Gasteiger partial charge >= 0.3 is 0 Å². The highest BCUT2D eigenvalue weighted by Gasteiger charge is 2.31. The summed E-state index contributed by atoms with van der Waals surface area (Å²) in [6.45, 7) is 0. The molecule has 7 nitrogen and oxygen atoms in total. The highest BCUT2D eigenvalue weighted by Crippen LogP contribution is 2.28. The fraction of sp³-hybridized carbons (Fsp3) is 0.227. The van der Waals surface area contributed by atoms with E-state index in [1.807, 2.05) is 0 Å². The number of aliphatic hydroxyl groups is 2. The third-order valence-corrected chi connectivity index (χ3v) is 5.47. The Balaban J connectivity index is 2.00. The molecule has 8 heteroatoms. The van der Waals surface area contributed by atoms with Crippen LogP contribution >= 0.6 is 11.6 Å². The fourth-order valence-corrected chi connectivity index (χ4v) is 3.86. The summed E-state index contributed by atoms with van der Waals surface area (Å²) >= 11 is 6.32. The second-order valence-electron chi connectivity index (χ2n) is 7.00. The molecule has 3 aromatic rings. The van der Waals surface area contributed by atoms with Gasteiger partial charge in [-0.15, -0.1) is 0 Å². The number of para-hydroxylation sites is 1. The number of hydrogen-bond donors (Lipinski definition) is 2. The quantitative estimate of drug-likeness (QED) is 0.618. The number of nitrogens with zero attached hydrogens (tertiary/aromatic N) is 2. The van der Waals surface area contributed by atoms with E-state index in [4.69, 9.17) is 16.3 Å². The summed E-state index contributed by atoms with van der Waals surface area (Å²) in [6, 6.07) is 11.7. The first-order valence-electron chi connectivity index (χ1n) is 9.43. The van der Waals surface area contributed by atoms with Crippen molar-refractivity contribution in [3.8, 4) is 11.4 Å². The van der Waals surface area contributed by atoms with Crippen molar-refractivity contribution >= 4 is 28.4 Å². The van der Waals surface area contributed by atoms with Gasteiger partial charge in [0.25, 0.3) is 5.56 Å². The smallest absolute Gasteiger partial charge is 0.285 e. The molecule has 0 amide bonds. The molecule has 1 atom stereocenters. The summed E-state index contributed by atoms with van der Waals surface area (Å²) in [5.74, 6) is -0.399.